The van der Waals surface area contributed by atoms with Crippen molar-refractivity contribution in [2.45, 2.75) is 26.2 Å². The van der Waals surface area contributed by atoms with Crippen molar-refractivity contribution in [3.05, 3.63) is 28.8 Å². The Morgan fingerprint density at radius 2 is 2.05 bits per heavy atom. The fourth-order valence-corrected chi connectivity index (χ4v) is 1.71. The summed E-state index contributed by atoms with van der Waals surface area (Å²) >= 11 is 0. The molecular formula is C15H19NO4. The smallest absolute Gasteiger partial charge is 0.341 e. The summed E-state index contributed by atoms with van der Waals surface area (Å²) in [6, 6.07) is 5.38. The number of nitrogens with zero attached hydrogens (tertiary/aromatic N) is 1. The SMILES string of the molecule is COC(=O)c1cc(C(C)(C)C)cc(C#N)c1OCCO. The van der Waals surface area contributed by atoms with E-state index in [1.165, 1.54) is 7.11 Å². The highest BCUT2D eigenvalue weighted by Gasteiger charge is 2.23. The molecule has 5 heteroatoms. The second-order valence-electron chi connectivity index (χ2n) is 5.33. The monoisotopic (exact) mass is 277 g/mol. The zero-order chi connectivity index (χ0) is 15.3. The first-order valence-electron chi connectivity index (χ1n) is 6.25. The third kappa shape index (κ3) is 3.49. The molecule has 0 bridgehead atoms. The van der Waals surface area contributed by atoms with Crippen LogP contribution in [0, 0.1) is 11.3 Å². The molecule has 0 saturated heterocycles. The number of benzene rings is 1. The van der Waals surface area contributed by atoms with Crippen molar-refractivity contribution >= 4 is 5.97 Å². The lowest BCUT2D eigenvalue weighted by Gasteiger charge is -2.21. The predicted molar refractivity (Wildman–Crippen MR) is 73.8 cm³/mol. The number of rotatable bonds is 4. The van der Waals surface area contributed by atoms with Gasteiger partial charge in [-0.05, 0) is 23.1 Å². The lowest BCUT2D eigenvalue weighted by Crippen LogP contribution is -2.16. The third-order valence-electron chi connectivity index (χ3n) is 2.82. The van der Waals surface area contributed by atoms with E-state index in [0.717, 1.165) is 5.56 Å². The summed E-state index contributed by atoms with van der Waals surface area (Å²) in [5.74, 6) is -0.415. The van der Waals surface area contributed by atoms with Crippen molar-refractivity contribution in [3.63, 3.8) is 0 Å². The first-order chi connectivity index (χ1) is 9.35. The molecule has 0 aliphatic heterocycles. The minimum Gasteiger partial charge on any atom is -0.489 e. The van der Waals surface area contributed by atoms with Crippen LogP contribution in [0.25, 0.3) is 0 Å². The van der Waals surface area contributed by atoms with Crippen molar-refractivity contribution in [3.8, 4) is 11.8 Å². The van der Waals surface area contributed by atoms with Gasteiger partial charge in [-0.3, -0.25) is 0 Å². The number of nitriles is 1. The van der Waals surface area contributed by atoms with Gasteiger partial charge in [0, 0.05) is 0 Å². The van der Waals surface area contributed by atoms with E-state index >= 15 is 0 Å². The predicted octanol–water partition coefficient (Wildman–Crippen LogP) is 2.01. The Labute approximate surface area is 118 Å². The molecule has 1 N–H and O–H groups in total. The van der Waals surface area contributed by atoms with Crippen molar-refractivity contribution in [2.75, 3.05) is 20.3 Å². The quantitative estimate of drug-likeness (QED) is 0.852. The Hall–Kier alpha value is -2.06. The summed E-state index contributed by atoms with van der Waals surface area (Å²) in [5.41, 5.74) is 1.08. The van der Waals surface area contributed by atoms with E-state index in [1.807, 2.05) is 26.8 Å². The molecule has 20 heavy (non-hydrogen) atoms. The first kappa shape index (κ1) is 16.0. The van der Waals surface area contributed by atoms with Gasteiger partial charge in [0.25, 0.3) is 0 Å². The van der Waals surface area contributed by atoms with Crippen molar-refractivity contribution in [1.82, 2.24) is 0 Å². The van der Waals surface area contributed by atoms with Gasteiger partial charge in [-0.2, -0.15) is 5.26 Å². The van der Waals surface area contributed by atoms with Gasteiger partial charge < -0.3 is 14.6 Å². The molecule has 5 nitrogen and oxygen atoms in total. The number of aliphatic hydroxyl groups is 1. The second-order valence-corrected chi connectivity index (χ2v) is 5.33. The number of carbonyl (C=O) groups excluding carboxylic acids is 1. The van der Waals surface area contributed by atoms with Gasteiger partial charge in [-0.15, -0.1) is 0 Å². The third-order valence-corrected chi connectivity index (χ3v) is 2.82. The summed E-state index contributed by atoms with van der Waals surface area (Å²) in [5, 5.41) is 18.1. The van der Waals surface area contributed by atoms with Crippen molar-refractivity contribution in [1.29, 1.82) is 5.26 Å². The summed E-state index contributed by atoms with van der Waals surface area (Å²) in [6.45, 7) is 5.76. The number of ether oxygens (including phenoxy) is 2. The van der Waals surface area contributed by atoms with Crippen LogP contribution >= 0.6 is 0 Å². The molecule has 1 rings (SSSR count). The molecule has 1 aromatic carbocycles. The van der Waals surface area contributed by atoms with Gasteiger partial charge in [-0.1, -0.05) is 20.8 Å². The first-order valence-corrected chi connectivity index (χ1v) is 6.25. The maximum absolute atomic E-state index is 11.9. The highest BCUT2D eigenvalue weighted by Crippen LogP contribution is 2.32. The van der Waals surface area contributed by atoms with E-state index in [4.69, 9.17) is 14.6 Å². The molecule has 0 heterocycles. The molecule has 0 aromatic heterocycles. The standard InChI is InChI=1S/C15H19NO4/c1-15(2,3)11-7-10(9-16)13(20-6-5-17)12(8-11)14(18)19-4/h7-8,17H,5-6H2,1-4H3. The lowest BCUT2D eigenvalue weighted by molar-refractivity contribution is 0.0594. The van der Waals surface area contributed by atoms with E-state index in [-0.39, 0.29) is 35.5 Å². The molecule has 0 spiro atoms. The number of methoxy groups -OCH3 is 1. The Balaban J connectivity index is 3.48. The van der Waals surface area contributed by atoms with Crippen LogP contribution in [0.5, 0.6) is 5.75 Å². The van der Waals surface area contributed by atoms with Crippen LogP contribution in [0.2, 0.25) is 0 Å². The van der Waals surface area contributed by atoms with Crippen LogP contribution in [0.15, 0.2) is 12.1 Å². The van der Waals surface area contributed by atoms with Gasteiger partial charge >= 0.3 is 5.97 Å². The molecule has 0 saturated carbocycles. The van der Waals surface area contributed by atoms with Gasteiger partial charge in [0.15, 0.2) is 5.75 Å². The molecular weight excluding hydrogens is 258 g/mol. The van der Waals surface area contributed by atoms with Crippen LogP contribution in [0.1, 0.15) is 42.3 Å². The average Bonchev–Trinajstić information content (AvgIpc) is 2.42. The number of aliphatic hydroxyl groups excluding tert-OH is 1. The van der Waals surface area contributed by atoms with Gasteiger partial charge in [0.2, 0.25) is 0 Å². The van der Waals surface area contributed by atoms with Gasteiger partial charge in [-0.25, -0.2) is 4.79 Å². The van der Waals surface area contributed by atoms with Crippen LogP contribution in [0.3, 0.4) is 0 Å². The molecule has 0 radical (unpaired) electrons. The Bertz CT molecular complexity index is 538. The number of esters is 1. The molecule has 0 amide bonds. The van der Waals surface area contributed by atoms with Crippen LogP contribution in [-0.2, 0) is 10.2 Å². The molecule has 0 fully saturated rings. The molecule has 0 unspecified atom stereocenters. The molecule has 0 aliphatic carbocycles. The maximum atomic E-state index is 11.9. The molecule has 0 atom stereocenters. The summed E-state index contributed by atoms with van der Waals surface area (Å²) in [6.07, 6.45) is 0. The fourth-order valence-electron chi connectivity index (χ4n) is 1.71. The zero-order valence-electron chi connectivity index (χ0n) is 12.2. The zero-order valence-corrected chi connectivity index (χ0v) is 12.2. The van der Waals surface area contributed by atoms with Gasteiger partial charge in [0.1, 0.15) is 18.2 Å². The van der Waals surface area contributed by atoms with E-state index in [2.05, 4.69) is 0 Å². The molecule has 0 aliphatic rings. The van der Waals surface area contributed by atoms with E-state index < -0.39 is 5.97 Å². The van der Waals surface area contributed by atoms with Crippen molar-refractivity contribution < 1.29 is 19.4 Å². The normalized spacial score (nSPS) is 10.8. The topological polar surface area (TPSA) is 79.6 Å². The average molecular weight is 277 g/mol. The Kier molecular flexibility index (Phi) is 5.12. The summed E-state index contributed by atoms with van der Waals surface area (Å²) in [7, 11) is 1.27. The van der Waals surface area contributed by atoms with Crippen LogP contribution < -0.4 is 4.74 Å². The van der Waals surface area contributed by atoms with E-state index in [1.54, 1.807) is 12.1 Å². The minimum absolute atomic E-state index is 0.00748. The second kappa shape index (κ2) is 6.40. The Morgan fingerprint density at radius 3 is 2.50 bits per heavy atom. The van der Waals surface area contributed by atoms with Crippen molar-refractivity contribution in [2.24, 2.45) is 0 Å². The highest BCUT2D eigenvalue weighted by atomic mass is 16.5. The fraction of sp³-hybridized carbons (Fsp3) is 0.467. The van der Waals surface area contributed by atoms with Gasteiger partial charge in [0.05, 0.1) is 19.3 Å². The minimum atomic E-state index is -0.569. The largest absolute Gasteiger partial charge is 0.489 e. The number of hydrogen-bond acceptors (Lipinski definition) is 5. The highest BCUT2D eigenvalue weighted by molar-refractivity contribution is 5.93. The lowest BCUT2D eigenvalue weighted by atomic mass is 9.85. The number of hydrogen-bond donors (Lipinski definition) is 1. The summed E-state index contributed by atoms with van der Waals surface area (Å²) < 4.78 is 10.1. The maximum Gasteiger partial charge on any atom is 0.341 e. The number of carbonyl (C=O) groups is 1. The molecule has 108 valence electrons. The van der Waals surface area contributed by atoms with Crippen LogP contribution in [-0.4, -0.2) is 31.4 Å². The summed E-state index contributed by atoms with van der Waals surface area (Å²) in [4.78, 5) is 11.9. The Morgan fingerprint density at radius 1 is 1.40 bits per heavy atom. The van der Waals surface area contributed by atoms with E-state index in [0.29, 0.717) is 0 Å². The molecule has 1 aromatic rings. The van der Waals surface area contributed by atoms with Crippen LogP contribution in [0.4, 0.5) is 0 Å². The van der Waals surface area contributed by atoms with E-state index in [9.17, 15) is 10.1 Å².